The molecule has 1 fully saturated rings. The average molecular weight is 517 g/mol. The van der Waals surface area contributed by atoms with Crippen LogP contribution < -0.4 is 0 Å². The second kappa shape index (κ2) is 13.6. The van der Waals surface area contributed by atoms with E-state index in [9.17, 15) is 14.7 Å². The fraction of sp³-hybridized carbons (Fsp3) is 0.387. The molecule has 0 saturated carbocycles. The van der Waals surface area contributed by atoms with Crippen molar-refractivity contribution in [3.05, 3.63) is 89.0 Å². The molecule has 4 rings (SSSR count). The summed E-state index contributed by atoms with van der Waals surface area (Å²) in [5.41, 5.74) is 3.53. The molecule has 2 aromatic rings. The van der Waals surface area contributed by atoms with Crippen molar-refractivity contribution in [3.63, 3.8) is 0 Å². The van der Waals surface area contributed by atoms with Gasteiger partial charge in [0.25, 0.3) is 5.91 Å². The van der Waals surface area contributed by atoms with Gasteiger partial charge in [-0.1, -0.05) is 53.7 Å². The highest BCUT2D eigenvalue weighted by atomic mass is 16.6. The van der Waals surface area contributed by atoms with Crippen molar-refractivity contribution < 1.29 is 24.3 Å². The molecule has 200 valence electrons. The lowest BCUT2D eigenvalue weighted by atomic mass is 9.89. The minimum Gasteiger partial charge on any atom is -0.508 e. The van der Waals surface area contributed by atoms with Gasteiger partial charge in [-0.2, -0.15) is 0 Å². The molecule has 1 amide bonds. The number of phenols is 1. The second-order valence-corrected chi connectivity index (χ2v) is 9.77. The van der Waals surface area contributed by atoms with Crippen LogP contribution in [0.1, 0.15) is 65.1 Å². The van der Waals surface area contributed by atoms with Gasteiger partial charge in [0.15, 0.2) is 6.61 Å². The van der Waals surface area contributed by atoms with Crippen molar-refractivity contribution in [2.75, 3.05) is 26.3 Å². The Morgan fingerprint density at radius 1 is 1.08 bits per heavy atom. The van der Waals surface area contributed by atoms with Crippen molar-refractivity contribution in [2.45, 2.75) is 51.4 Å². The van der Waals surface area contributed by atoms with Crippen LogP contribution in [0, 0.1) is 6.92 Å². The summed E-state index contributed by atoms with van der Waals surface area (Å²) in [6, 6.07) is 13.5. The molecule has 2 aliphatic rings. The molecule has 0 aromatic heterocycles. The smallest absolute Gasteiger partial charge is 0.338 e. The van der Waals surface area contributed by atoms with E-state index in [-0.39, 0.29) is 24.7 Å². The number of amides is 1. The first-order valence-corrected chi connectivity index (χ1v) is 13.3. The Hall–Kier alpha value is -3.87. The number of carbonyl (C=O) groups excluding carboxylic acids is 2. The molecule has 0 aliphatic carbocycles. The third-order valence-corrected chi connectivity index (χ3v) is 6.96. The van der Waals surface area contributed by atoms with E-state index in [1.165, 1.54) is 5.56 Å². The standard InChI is InChI=1S/C31H36N2O5/c1-23-19-28(34)21-26-20-27(13-9-4-2-3-5-10-18-37-31(36)30(23)26)32-38-22-29(35)33-16-14-25(15-17-33)24-11-7-6-8-12-24/h3,5-9,11-13,19,21,25,34H,2,4,10,14-18,20,22H2,1H3/b5-3+,13-9+,32-27+. The van der Waals surface area contributed by atoms with Gasteiger partial charge in [-0.25, -0.2) is 4.79 Å². The Morgan fingerprint density at radius 3 is 2.61 bits per heavy atom. The van der Waals surface area contributed by atoms with Gasteiger partial charge in [0.05, 0.1) is 17.9 Å². The third-order valence-electron chi connectivity index (χ3n) is 6.96. The molecular formula is C31H36N2O5. The minimum atomic E-state index is -0.429. The van der Waals surface area contributed by atoms with Crippen LogP contribution in [-0.4, -0.2) is 53.9 Å². The molecule has 38 heavy (non-hydrogen) atoms. The zero-order valence-corrected chi connectivity index (χ0v) is 22.0. The number of piperidine rings is 1. The number of cyclic esters (lactones) is 1. The molecule has 7 nitrogen and oxygen atoms in total. The number of benzene rings is 2. The van der Waals surface area contributed by atoms with Crippen LogP contribution in [0.25, 0.3) is 0 Å². The number of hydrogen-bond acceptors (Lipinski definition) is 6. The number of carbonyl (C=O) groups is 2. The molecule has 0 spiro atoms. The van der Waals surface area contributed by atoms with Crippen LogP contribution in [0.4, 0.5) is 0 Å². The molecule has 0 bridgehead atoms. The van der Waals surface area contributed by atoms with Gasteiger partial charge in [0.2, 0.25) is 0 Å². The first kappa shape index (κ1) is 27.2. The first-order valence-electron chi connectivity index (χ1n) is 13.3. The monoisotopic (exact) mass is 516 g/mol. The molecule has 2 heterocycles. The van der Waals surface area contributed by atoms with Crippen molar-refractivity contribution in [3.8, 4) is 5.75 Å². The van der Waals surface area contributed by atoms with E-state index in [2.05, 4.69) is 35.5 Å². The SMILES string of the molecule is Cc1cc(O)cc2c1C(=O)OCC/C=C/CC/C=C/C(=N\OCC(=O)N1CCC(c3ccccc3)CC1)C2. The number of phenolic OH excluding ortho intramolecular Hbond substituents is 1. The Balaban J connectivity index is 1.43. The molecule has 2 aliphatic heterocycles. The summed E-state index contributed by atoms with van der Waals surface area (Å²) >= 11 is 0. The lowest BCUT2D eigenvalue weighted by Crippen LogP contribution is -2.39. The zero-order chi connectivity index (χ0) is 26.7. The maximum Gasteiger partial charge on any atom is 0.338 e. The van der Waals surface area contributed by atoms with Crippen molar-refractivity contribution in [2.24, 2.45) is 5.16 Å². The molecule has 0 radical (unpaired) electrons. The van der Waals surface area contributed by atoms with Crippen molar-refractivity contribution in [1.82, 2.24) is 4.90 Å². The summed E-state index contributed by atoms with van der Waals surface area (Å²) in [5.74, 6) is 0.0174. The number of rotatable bonds is 4. The quantitative estimate of drug-likeness (QED) is 0.331. The van der Waals surface area contributed by atoms with Crippen molar-refractivity contribution in [1.29, 1.82) is 0 Å². The molecule has 0 unspecified atom stereocenters. The van der Waals surface area contributed by atoms with Crippen LogP contribution in [0.5, 0.6) is 5.75 Å². The summed E-state index contributed by atoms with van der Waals surface area (Å²) in [4.78, 5) is 33.0. The summed E-state index contributed by atoms with van der Waals surface area (Å²) in [6.45, 7) is 3.30. The van der Waals surface area contributed by atoms with E-state index < -0.39 is 5.97 Å². The van der Waals surface area contributed by atoms with E-state index in [1.54, 1.807) is 19.1 Å². The number of likely N-dealkylation sites (tertiary alicyclic amines) is 1. The molecule has 0 atom stereocenters. The number of allylic oxidation sites excluding steroid dienone is 3. The molecule has 1 saturated heterocycles. The summed E-state index contributed by atoms with van der Waals surface area (Å²) in [5, 5.41) is 14.5. The van der Waals surface area contributed by atoms with Gasteiger partial charge in [-0.05, 0) is 79.8 Å². The van der Waals surface area contributed by atoms with Gasteiger partial charge in [0, 0.05) is 19.5 Å². The van der Waals surface area contributed by atoms with E-state index in [1.807, 2.05) is 29.2 Å². The predicted octanol–water partition coefficient (Wildman–Crippen LogP) is 5.48. The number of ether oxygens (including phenoxy) is 1. The van der Waals surface area contributed by atoms with Gasteiger partial charge in [-0.3, -0.25) is 4.79 Å². The van der Waals surface area contributed by atoms with Gasteiger partial charge < -0.3 is 19.6 Å². The van der Waals surface area contributed by atoms with Crippen LogP contribution in [-0.2, 0) is 20.8 Å². The van der Waals surface area contributed by atoms with E-state index in [4.69, 9.17) is 9.57 Å². The largest absolute Gasteiger partial charge is 0.508 e. The summed E-state index contributed by atoms with van der Waals surface area (Å²) in [7, 11) is 0. The van der Waals surface area contributed by atoms with Crippen LogP contribution in [0.15, 0.2) is 71.9 Å². The summed E-state index contributed by atoms with van der Waals surface area (Å²) < 4.78 is 5.47. The van der Waals surface area contributed by atoms with Crippen LogP contribution >= 0.6 is 0 Å². The maximum atomic E-state index is 12.8. The van der Waals surface area contributed by atoms with Crippen LogP contribution in [0.2, 0.25) is 0 Å². The second-order valence-electron chi connectivity index (χ2n) is 9.77. The highest BCUT2D eigenvalue weighted by Gasteiger charge is 2.24. The lowest BCUT2D eigenvalue weighted by molar-refractivity contribution is -0.137. The van der Waals surface area contributed by atoms with Gasteiger partial charge >= 0.3 is 5.97 Å². The van der Waals surface area contributed by atoms with E-state index >= 15 is 0 Å². The Kier molecular flexibility index (Phi) is 9.73. The fourth-order valence-electron chi connectivity index (χ4n) is 4.98. The number of aromatic hydroxyl groups is 1. The first-order chi connectivity index (χ1) is 18.5. The van der Waals surface area contributed by atoms with Gasteiger partial charge in [0.1, 0.15) is 5.75 Å². The molecule has 1 N–H and O–H groups in total. The third kappa shape index (κ3) is 7.57. The molecular weight excluding hydrogens is 480 g/mol. The zero-order valence-electron chi connectivity index (χ0n) is 22.0. The number of oxime groups is 1. The highest BCUT2D eigenvalue weighted by molar-refractivity contribution is 6.00. The summed E-state index contributed by atoms with van der Waals surface area (Å²) in [6.07, 6.45) is 12.4. The van der Waals surface area contributed by atoms with Crippen molar-refractivity contribution >= 4 is 17.6 Å². The van der Waals surface area contributed by atoms with Crippen LogP contribution in [0.3, 0.4) is 0 Å². The fourth-order valence-corrected chi connectivity index (χ4v) is 4.98. The Bertz CT molecular complexity index is 1190. The average Bonchev–Trinajstić information content (AvgIpc) is 2.91. The number of hydrogen-bond donors (Lipinski definition) is 1. The number of nitrogens with zero attached hydrogens (tertiary/aromatic N) is 2. The normalized spacial score (nSPS) is 20.2. The van der Waals surface area contributed by atoms with E-state index in [0.717, 1.165) is 25.7 Å². The minimum absolute atomic E-state index is 0.0661. The predicted molar refractivity (Wildman–Crippen MR) is 147 cm³/mol. The number of fused-ring (bicyclic) bond motifs is 1. The number of esters is 1. The Labute approximate surface area is 224 Å². The number of aryl methyl sites for hydroxylation is 1. The topological polar surface area (TPSA) is 88.4 Å². The Morgan fingerprint density at radius 2 is 1.82 bits per heavy atom. The maximum absolute atomic E-state index is 12.8. The highest BCUT2D eigenvalue weighted by Crippen LogP contribution is 2.28. The molecule has 2 aromatic carbocycles. The lowest BCUT2D eigenvalue weighted by Gasteiger charge is -2.32. The van der Waals surface area contributed by atoms with E-state index in [0.29, 0.717) is 54.4 Å². The molecule has 7 heteroatoms. The van der Waals surface area contributed by atoms with Gasteiger partial charge in [-0.15, -0.1) is 0 Å².